The molecule has 13 N–H and O–H groups in total. The molecule has 4 atom stereocenters. The number of carboxylic acid groups (broad SMARTS) is 1. The summed E-state index contributed by atoms with van der Waals surface area (Å²) in [7, 11) is 0. The van der Waals surface area contributed by atoms with Gasteiger partial charge in [-0.05, 0) is 25.2 Å². The maximum absolute atomic E-state index is 13.3. The van der Waals surface area contributed by atoms with E-state index in [1.54, 1.807) is 13.8 Å². The van der Waals surface area contributed by atoms with Crippen molar-refractivity contribution in [3.05, 3.63) is 18.2 Å². The average Bonchev–Trinajstić information content (AvgIpc) is 3.34. The van der Waals surface area contributed by atoms with Crippen LogP contribution >= 0.6 is 0 Å². The third kappa shape index (κ3) is 11.7. The zero-order valence-corrected chi connectivity index (χ0v) is 21.5. The Hall–Kier alpha value is -4.21. The van der Waals surface area contributed by atoms with Gasteiger partial charge in [-0.25, -0.2) is 9.78 Å². The highest BCUT2D eigenvalue weighted by Crippen LogP contribution is 2.07. The third-order valence-corrected chi connectivity index (χ3v) is 5.46. The lowest BCUT2D eigenvalue weighted by Crippen LogP contribution is -2.58. The van der Waals surface area contributed by atoms with Crippen molar-refractivity contribution in [2.75, 3.05) is 6.54 Å². The van der Waals surface area contributed by atoms with Crippen molar-refractivity contribution in [2.45, 2.75) is 70.1 Å². The maximum atomic E-state index is 13.3. The maximum Gasteiger partial charge on any atom is 0.326 e. The summed E-state index contributed by atoms with van der Waals surface area (Å²) in [5.74, 6) is -4.59. The summed E-state index contributed by atoms with van der Waals surface area (Å²) in [5, 5.41) is 17.0. The number of hydrogen-bond donors (Lipinski definition) is 9. The second kappa shape index (κ2) is 15.8. The molecule has 4 unspecified atom stereocenters. The molecule has 0 aliphatic heterocycles. The van der Waals surface area contributed by atoms with Gasteiger partial charge in [-0.15, -0.1) is 0 Å². The van der Waals surface area contributed by atoms with Gasteiger partial charge in [0.25, 0.3) is 0 Å². The van der Waals surface area contributed by atoms with Gasteiger partial charge >= 0.3 is 5.97 Å². The van der Waals surface area contributed by atoms with Crippen molar-refractivity contribution in [1.82, 2.24) is 25.9 Å². The molecule has 16 heteroatoms. The Kier molecular flexibility index (Phi) is 13.2. The summed E-state index contributed by atoms with van der Waals surface area (Å²) >= 11 is 0. The van der Waals surface area contributed by atoms with E-state index in [9.17, 15) is 29.1 Å². The van der Waals surface area contributed by atoms with E-state index < -0.39 is 59.7 Å². The molecule has 1 aromatic rings. The fourth-order valence-electron chi connectivity index (χ4n) is 3.35. The summed E-state index contributed by atoms with van der Waals surface area (Å²) in [5.41, 5.74) is 22.1. The molecule has 0 saturated carbocycles. The van der Waals surface area contributed by atoms with E-state index in [0.717, 1.165) is 0 Å². The number of hydrogen-bond acceptors (Lipinski definition) is 8. The summed E-state index contributed by atoms with van der Waals surface area (Å²) < 4.78 is 0. The molecule has 1 rings (SSSR count). The number of H-pyrrole nitrogens is 1. The van der Waals surface area contributed by atoms with Gasteiger partial charge in [-0.2, -0.15) is 0 Å². The van der Waals surface area contributed by atoms with Gasteiger partial charge in [-0.1, -0.05) is 13.8 Å². The highest BCUT2D eigenvalue weighted by Gasteiger charge is 2.31. The molecule has 0 spiro atoms. The van der Waals surface area contributed by atoms with Gasteiger partial charge in [0.1, 0.15) is 18.1 Å². The number of nitrogens with one attached hydrogen (secondary N) is 4. The highest BCUT2D eigenvalue weighted by atomic mass is 16.4. The number of nitrogens with two attached hydrogens (primary N) is 4. The molecule has 0 aliphatic carbocycles. The standard InChI is InChI=1S/C22H38N10O6/c1-11(2)17(21(37)38)32-19(35)14(4-3-7-28-22(25)26)30-20(36)15(8-12-9-27-10-29-12)31-18(34)13(23)5-6-16(24)33/h9-11,13-15,17H,3-8,23H2,1-2H3,(H2,24,33)(H,27,29)(H,30,36)(H,31,34)(H,32,35)(H,37,38)(H4,25,26,28). The number of aromatic nitrogens is 2. The first kappa shape index (κ1) is 31.8. The predicted octanol–water partition coefficient (Wildman–Crippen LogP) is -3.21. The van der Waals surface area contributed by atoms with Crippen LogP contribution in [0.25, 0.3) is 0 Å². The molecule has 0 aromatic carbocycles. The van der Waals surface area contributed by atoms with Crippen molar-refractivity contribution in [3.8, 4) is 0 Å². The van der Waals surface area contributed by atoms with Gasteiger partial charge in [0.2, 0.25) is 23.6 Å². The second-order valence-corrected chi connectivity index (χ2v) is 9.03. The van der Waals surface area contributed by atoms with Crippen molar-refractivity contribution in [1.29, 1.82) is 0 Å². The van der Waals surface area contributed by atoms with Crippen molar-refractivity contribution >= 4 is 35.6 Å². The van der Waals surface area contributed by atoms with Gasteiger partial charge in [0.05, 0.1) is 12.4 Å². The summed E-state index contributed by atoms with van der Waals surface area (Å²) in [6, 6.07) is -4.65. The van der Waals surface area contributed by atoms with Crippen LogP contribution in [0.15, 0.2) is 17.5 Å². The van der Waals surface area contributed by atoms with Crippen molar-refractivity contribution in [2.24, 2.45) is 33.8 Å². The Morgan fingerprint density at radius 1 is 1.00 bits per heavy atom. The zero-order chi connectivity index (χ0) is 28.8. The second-order valence-electron chi connectivity index (χ2n) is 9.03. The quantitative estimate of drug-likeness (QED) is 0.0543. The number of rotatable bonds is 17. The number of carbonyl (C=O) groups is 5. The van der Waals surface area contributed by atoms with Crippen molar-refractivity contribution in [3.63, 3.8) is 0 Å². The van der Waals surface area contributed by atoms with Gasteiger partial charge in [-0.3, -0.25) is 24.2 Å². The topological polar surface area (TPSA) is 287 Å². The van der Waals surface area contributed by atoms with Crippen LogP contribution < -0.4 is 38.9 Å². The first-order valence-corrected chi connectivity index (χ1v) is 12.0. The number of primary amides is 1. The molecule has 1 aromatic heterocycles. The first-order chi connectivity index (χ1) is 17.8. The molecule has 4 amide bonds. The largest absolute Gasteiger partial charge is 0.480 e. The van der Waals surface area contributed by atoms with E-state index in [-0.39, 0.29) is 44.6 Å². The number of aromatic amines is 1. The van der Waals surface area contributed by atoms with Gasteiger partial charge in [0, 0.05) is 31.3 Å². The molecule has 0 saturated heterocycles. The van der Waals surface area contributed by atoms with E-state index in [0.29, 0.717) is 5.69 Å². The summed E-state index contributed by atoms with van der Waals surface area (Å²) in [6.07, 6.45) is 3.03. The molecule has 38 heavy (non-hydrogen) atoms. The number of guanidine groups is 1. The Balaban J connectivity index is 3.09. The minimum atomic E-state index is -1.23. The Morgan fingerprint density at radius 2 is 1.63 bits per heavy atom. The van der Waals surface area contributed by atoms with E-state index in [2.05, 4.69) is 30.9 Å². The van der Waals surface area contributed by atoms with E-state index in [1.807, 2.05) is 0 Å². The highest BCUT2D eigenvalue weighted by molar-refractivity contribution is 5.94. The van der Waals surface area contributed by atoms with E-state index in [4.69, 9.17) is 22.9 Å². The molecule has 0 radical (unpaired) electrons. The Labute approximate surface area is 219 Å². The predicted molar refractivity (Wildman–Crippen MR) is 137 cm³/mol. The molecular weight excluding hydrogens is 500 g/mol. The normalized spacial score (nSPS) is 14.0. The molecule has 0 fully saturated rings. The lowest BCUT2D eigenvalue weighted by molar-refractivity contribution is -0.143. The van der Waals surface area contributed by atoms with Crippen LogP contribution in [-0.4, -0.2) is 81.3 Å². The number of aliphatic carboxylic acids is 1. The van der Waals surface area contributed by atoms with E-state index in [1.165, 1.54) is 12.5 Å². The minimum Gasteiger partial charge on any atom is -0.480 e. The number of carboxylic acids is 1. The monoisotopic (exact) mass is 538 g/mol. The number of imidazole rings is 1. The molecule has 16 nitrogen and oxygen atoms in total. The van der Waals surface area contributed by atoms with Crippen LogP contribution in [0.5, 0.6) is 0 Å². The van der Waals surface area contributed by atoms with Crippen LogP contribution in [0, 0.1) is 5.92 Å². The number of aliphatic imine (C=N–C) groups is 1. The fourth-order valence-corrected chi connectivity index (χ4v) is 3.35. The summed E-state index contributed by atoms with van der Waals surface area (Å²) in [4.78, 5) is 72.0. The van der Waals surface area contributed by atoms with E-state index >= 15 is 0 Å². The van der Waals surface area contributed by atoms with Crippen LogP contribution in [0.3, 0.4) is 0 Å². The Bertz CT molecular complexity index is 977. The minimum absolute atomic E-state index is 0.0216. The average molecular weight is 539 g/mol. The van der Waals surface area contributed by atoms with Gasteiger partial charge in [0.15, 0.2) is 5.96 Å². The number of amides is 4. The van der Waals surface area contributed by atoms with Crippen LogP contribution in [0.1, 0.15) is 45.2 Å². The summed E-state index contributed by atoms with van der Waals surface area (Å²) in [6.45, 7) is 3.42. The molecule has 212 valence electrons. The van der Waals surface area contributed by atoms with Crippen molar-refractivity contribution < 1.29 is 29.1 Å². The molecule has 0 bridgehead atoms. The third-order valence-electron chi connectivity index (χ3n) is 5.46. The molecule has 1 heterocycles. The SMILES string of the molecule is CC(C)C(NC(=O)C(CCCN=C(N)N)NC(=O)C(Cc1cnc[nH]1)NC(=O)C(N)CCC(N)=O)C(=O)O. The first-order valence-electron chi connectivity index (χ1n) is 12.0. The van der Waals surface area contributed by atoms with Crippen LogP contribution in [-0.2, 0) is 30.4 Å². The number of nitrogens with zero attached hydrogens (tertiary/aromatic N) is 2. The lowest BCUT2D eigenvalue weighted by Gasteiger charge is -2.26. The van der Waals surface area contributed by atoms with Crippen LogP contribution in [0.4, 0.5) is 0 Å². The zero-order valence-electron chi connectivity index (χ0n) is 21.5. The Morgan fingerprint density at radius 3 is 2.16 bits per heavy atom. The van der Waals surface area contributed by atoms with Crippen LogP contribution in [0.2, 0.25) is 0 Å². The fraction of sp³-hybridized carbons (Fsp3) is 0.591. The molecule has 0 aliphatic rings. The smallest absolute Gasteiger partial charge is 0.326 e. The van der Waals surface area contributed by atoms with Gasteiger partial charge < -0.3 is 49.0 Å². The number of carbonyl (C=O) groups excluding carboxylic acids is 4. The lowest BCUT2D eigenvalue weighted by atomic mass is 10.0. The molecular formula is C22H38N10O6.